The monoisotopic (exact) mass is 380 g/mol. The van der Waals surface area contributed by atoms with Crippen LogP contribution in [0.15, 0.2) is 36.5 Å². The van der Waals surface area contributed by atoms with Crippen LogP contribution in [-0.2, 0) is 9.59 Å². The van der Waals surface area contributed by atoms with Gasteiger partial charge in [0.15, 0.2) is 11.6 Å². The second kappa shape index (κ2) is 8.33. The number of aromatic nitrogens is 3. The number of hydrogen-bond donors (Lipinski definition) is 1. The topological polar surface area (TPSA) is 91.3 Å². The van der Waals surface area contributed by atoms with Crippen LogP contribution in [-0.4, -0.2) is 58.0 Å². The van der Waals surface area contributed by atoms with Crippen LogP contribution in [0.25, 0.3) is 0 Å². The van der Waals surface area contributed by atoms with Crippen molar-refractivity contribution < 1.29 is 9.59 Å². The van der Waals surface area contributed by atoms with Crippen molar-refractivity contribution in [2.45, 2.75) is 25.7 Å². The first-order valence-electron chi connectivity index (χ1n) is 9.76. The highest BCUT2D eigenvalue weighted by Crippen LogP contribution is 2.24. The molecule has 0 aromatic carbocycles. The average Bonchev–Trinajstić information content (AvgIpc) is 2.75. The molecule has 1 aliphatic heterocycles. The van der Waals surface area contributed by atoms with E-state index in [0.717, 1.165) is 24.7 Å². The Hall–Kier alpha value is -3.03. The van der Waals surface area contributed by atoms with Gasteiger partial charge in [0.1, 0.15) is 11.6 Å². The van der Waals surface area contributed by atoms with Gasteiger partial charge in [0.05, 0.1) is 0 Å². The number of carbonyl (C=O) groups is 2. The minimum atomic E-state index is 0.0148. The van der Waals surface area contributed by atoms with E-state index < -0.39 is 0 Å². The van der Waals surface area contributed by atoms with Crippen molar-refractivity contribution in [2.24, 2.45) is 5.92 Å². The van der Waals surface area contributed by atoms with Gasteiger partial charge in [-0.1, -0.05) is 6.07 Å². The second-order valence-electron chi connectivity index (χ2n) is 7.24. The molecule has 1 N–H and O–H groups in total. The van der Waals surface area contributed by atoms with Crippen LogP contribution in [0.4, 0.5) is 17.5 Å². The third-order valence-electron chi connectivity index (χ3n) is 5.38. The summed E-state index contributed by atoms with van der Waals surface area (Å²) in [6.07, 6.45) is 4.22. The van der Waals surface area contributed by atoms with E-state index in [1.54, 1.807) is 6.20 Å². The number of nitrogens with zero attached hydrogens (tertiary/aromatic N) is 5. The molecule has 2 aliphatic rings. The van der Waals surface area contributed by atoms with Crippen molar-refractivity contribution in [2.75, 3.05) is 36.4 Å². The lowest BCUT2D eigenvalue weighted by atomic mass is 9.87. The summed E-state index contributed by atoms with van der Waals surface area (Å²) in [7, 11) is 0. The van der Waals surface area contributed by atoms with Crippen molar-refractivity contribution in [3.63, 3.8) is 0 Å². The van der Waals surface area contributed by atoms with Crippen LogP contribution in [0.1, 0.15) is 25.7 Å². The van der Waals surface area contributed by atoms with Crippen LogP contribution in [0.2, 0.25) is 0 Å². The largest absolute Gasteiger partial charge is 0.352 e. The van der Waals surface area contributed by atoms with Crippen molar-refractivity contribution in [3.05, 3.63) is 36.5 Å². The van der Waals surface area contributed by atoms with Gasteiger partial charge in [-0.05, 0) is 37.1 Å². The molecule has 1 aliphatic carbocycles. The van der Waals surface area contributed by atoms with Crippen molar-refractivity contribution in [1.82, 2.24) is 20.1 Å². The Labute approximate surface area is 164 Å². The summed E-state index contributed by atoms with van der Waals surface area (Å²) in [5, 5.41) is 11.7. The smallest absolute Gasteiger partial charge is 0.225 e. The quantitative estimate of drug-likeness (QED) is 0.868. The lowest BCUT2D eigenvalue weighted by Crippen LogP contribution is -2.51. The molecule has 2 aromatic rings. The van der Waals surface area contributed by atoms with Crippen molar-refractivity contribution in [3.8, 4) is 0 Å². The van der Waals surface area contributed by atoms with Gasteiger partial charge in [0, 0.05) is 51.1 Å². The molecule has 146 valence electrons. The molecular formula is C20H24N6O2. The number of rotatable bonds is 4. The summed E-state index contributed by atoms with van der Waals surface area (Å²) < 4.78 is 0. The zero-order valence-electron chi connectivity index (χ0n) is 15.8. The minimum Gasteiger partial charge on any atom is -0.352 e. The molecule has 0 bridgehead atoms. The molecule has 8 heteroatoms. The van der Waals surface area contributed by atoms with Crippen LogP contribution >= 0.6 is 0 Å². The van der Waals surface area contributed by atoms with Gasteiger partial charge in [0.25, 0.3) is 0 Å². The molecule has 8 nitrogen and oxygen atoms in total. The fourth-order valence-corrected chi connectivity index (χ4v) is 3.73. The first kappa shape index (κ1) is 18.3. The normalized spacial score (nSPS) is 18.2. The lowest BCUT2D eigenvalue weighted by Gasteiger charge is -2.37. The SMILES string of the molecule is O=C1CCC(C(=O)N2CCN(c3ccc(Nc4ccccn4)nn3)CC2)CC1. The highest BCUT2D eigenvalue weighted by atomic mass is 16.2. The van der Waals surface area contributed by atoms with E-state index in [1.165, 1.54) is 0 Å². The molecule has 1 saturated heterocycles. The molecular weight excluding hydrogens is 356 g/mol. The predicted molar refractivity (Wildman–Crippen MR) is 105 cm³/mol. The number of Topliss-reactive ketones (excluding diaryl/α,β-unsaturated/α-hetero) is 1. The fraction of sp³-hybridized carbons (Fsp3) is 0.450. The Morgan fingerprint density at radius 1 is 0.964 bits per heavy atom. The number of amides is 1. The Morgan fingerprint density at radius 2 is 1.75 bits per heavy atom. The average molecular weight is 380 g/mol. The number of anilines is 3. The van der Waals surface area contributed by atoms with E-state index in [-0.39, 0.29) is 17.6 Å². The minimum absolute atomic E-state index is 0.0148. The zero-order chi connectivity index (χ0) is 19.3. The fourth-order valence-electron chi connectivity index (χ4n) is 3.73. The summed E-state index contributed by atoms with van der Waals surface area (Å²) in [6.45, 7) is 2.83. The van der Waals surface area contributed by atoms with E-state index in [9.17, 15) is 9.59 Å². The van der Waals surface area contributed by atoms with Crippen LogP contribution in [0, 0.1) is 5.92 Å². The zero-order valence-corrected chi connectivity index (χ0v) is 15.8. The van der Waals surface area contributed by atoms with E-state index in [0.29, 0.717) is 44.6 Å². The summed E-state index contributed by atoms with van der Waals surface area (Å²) >= 11 is 0. The highest BCUT2D eigenvalue weighted by molar-refractivity contribution is 5.84. The maximum Gasteiger partial charge on any atom is 0.225 e. The standard InChI is InChI=1S/C20H24N6O2/c27-16-6-4-15(5-7-16)20(28)26-13-11-25(12-14-26)19-9-8-18(23-24-19)22-17-3-1-2-10-21-17/h1-3,8-10,15H,4-7,11-14H2,(H,21,22,23). The van der Waals surface area contributed by atoms with Gasteiger partial charge in [-0.2, -0.15) is 0 Å². The van der Waals surface area contributed by atoms with Crippen LogP contribution in [0.3, 0.4) is 0 Å². The summed E-state index contributed by atoms with van der Waals surface area (Å²) in [4.78, 5) is 32.3. The maximum atomic E-state index is 12.7. The van der Waals surface area contributed by atoms with Crippen molar-refractivity contribution >= 4 is 29.1 Å². The van der Waals surface area contributed by atoms with E-state index in [4.69, 9.17) is 0 Å². The van der Waals surface area contributed by atoms with E-state index in [2.05, 4.69) is 25.4 Å². The van der Waals surface area contributed by atoms with E-state index in [1.807, 2.05) is 35.2 Å². The number of piperazine rings is 1. The highest BCUT2D eigenvalue weighted by Gasteiger charge is 2.30. The Morgan fingerprint density at radius 3 is 2.39 bits per heavy atom. The maximum absolute atomic E-state index is 12.7. The van der Waals surface area contributed by atoms with Gasteiger partial charge in [-0.3, -0.25) is 9.59 Å². The molecule has 4 rings (SSSR count). The Kier molecular flexibility index (Phi) is 5.45. The number of hydrogen-bond acceptors (Lipinski definition) is 7. The number of carbonyl (C=O) groups excluding carboxylic acids is 2. The van der Waals surface area contributed by atoms with Gasteiger partial charge in [0.2, 0.25) is 5.91 Å². The van der Waals surface area contributed by atoms with Crippen LogP contribution < -0.4 is 10.2 Å². The summed E-state index contributed by atoms with van der Waals surface area (Å²) in [5.41, 5.74) is 0. The Bertz CT molecular complexity index is 808. The summed E-state index contributed by atoms with van der Waals surface area (Å²) in [6, 6.07) is 9.45. The van der Waals surface area contributed by atoms with Crippen molar-refractivity contribution in [1.29, 1.82) is 0 Å². The predicted octanol–water partition coefficient (Wildman–Crippen LogP) is 2.02. The molecule has 2 fully saturated rings. The third kappa shape index (κ3) is 4.27. The van der Waals surface area contributed by atoms with E-state index >= 15 is 0 Å². The first-order valence-corrected chi connectivity index (χ1v) is 9.76. The number of pyridine rings is 1. The van der Waals surface area contributed by atoms with Gasteiger partial charge in [-0.25, -0.2) is 4.98 Å². The third-order valence-corrected chi connectivity index (χ3v) is 5.38. The number of nitrogens with one attached hydrogen (secondary N) is 1. The molecule has 1 amide bonds. The van der Waals surface area contributed by atoms with Gasteiger partial charge < -0.3 is 15.1 Å². The molecule has 3 heterocycles. The summed E-state index contributed by atoms with van der Waals surface area (Å²) in [5.74, 6) is 2.67. The van der Waals surface area contributed by atoms with Crippen LogP contribution in [0.5, 0.6) is 0 Å². The molecule has 1 saturated carbocycles. The van der Waals surface area contributed by atoms with Gasteiger partial charge >= 0.3 is 0 Å². The Balaban J connectivity index is 1.30. The molecule has 28 heavy (non-hydrogen) atoms. The lowest BCUT2D eigenvalue weighted by molar-refractivity contribution is -0.137. The first-order chi connectivity index (χ1) is 13.7. The molecule has 2 aromatic heterocycles. The molecule has 0 unspecified atom stereocenters. The number of ketones is 1. The molecule has 0 spiro atoms. The second-order valence-corrected chi connectivity index (χ2v) is 7.24. The molecule has 0 atom stereocenters. The molecule has 0 radical (unpaired) electrons. The van der Waals surface area contributed by atoms with Gasteiger partial charge in [-0.15, -0.1) is 10.2 Å².